The summed E-state index contributed by atoms with van der Waals surface area (Å²) in [6.45, 7) is 0.268. The second-order valence-corrected chi connectivity index (χ2v) is 6.10. The molecule has 26 heavy (non-hydrogen) atoms. The first-order valence-electron chi connectivity index (χ1n) is 8.33. The number of carbonyl (C=O) groups excluding carboxylic acids is 1. The number of nitrogens with one attached hydrogen (secondary N) is 1. The van der Waals surface area contributed by atoms with Crippen LogP contribution in [0.5, 0.6) is 0 Å². The third kappa shape index (κ3) is 2.89. The molecule has 0 aliphatic heterocycles. The SMILES string of the molecule is N#[N+]c1ccc(NC(=O)OCC2c3ccccc3-c3ccccc32)cc1. The molecule has 0 fully saturated rings. The molecule has 5 nitrogen and oxygen atoms in total. The first-order chi connectivity index (χ1) is 12.8. The van der Waals surface area contributed by atoms with Gasteiger partial charge in [0.2, 0.25) is 5.39 Å². The Bertz CT molecular complexity index is 961. The third-order valence-corrected chi connectivity index (χ3v) is 4.57. The predicted octanol–water partition coefficient (Wildman–Crippen LogP) is 5.53. The third-order valence-electron chi connectivity index (χ3n) is 4.57. The molecule has 3 aromatic carbocycles. The molecule has 0 spiro atoms. The molecule has 0 unspecified atom stereocenters. The van der Waals surface area contributed by atoms with Crippen molar-refractivity contribution >= 4 is 17.5 Å². The van der Waals surface area contributed by atoms with Crippen LogP contribution in [0.25, 0.3) is 16.1 Å². The molecule has 3 aromatic rings. The molecule has 1 N–H and O–H groups in total. The van der Waals surface area contributed by atoms with Gasteiger partial charge in [-0.05, 0) is 34.4 Å². The molecule has 1 aliphatic rings. The highest BCUT2D eigenvalue weighted by Crippen LogP contribution is 2.44. The van der Waals surface area contributed by atoms with Gasteiger partial charge in [-0.2, -0.15) is 0 Å². The second kappa shape index (κ2) is 6.69. The number of nitrogens with zero attached hydrogens (tertiary/aromatic N) is 2. The minimum absolute atomic E-state index is 0.0312. The Morgan fingerprint density at radius 1 is 0.923 bits per heavy atom. The Morgan fingerprint density at radius 3 is 2.08 bits per heavy atom. The van der Waals surface area contributed by atoms with E-state index in [0.29, 0.717) is 11.4 Å². The van der Waals surface area contributed by atoms with Crippen LogP contribution < -0.4 is 5.32 Å². The highest BCUT2D eigenvalue weighted by atomic mass is 16.5. The summed E-state index contributed by atoms with van der Waals surface area (Å²) in [5, 5.41) is 11.4. The minimum Gasteiger partial charge on any atom is -0.448 e. The number of hydrogen-bond acceptors (Lipinski definition) is 3. The highest BCUT2D eigenvalue weighted by molar-refractivity contribution is 5.85. The molecule has 0 bridgehead atoms. The monoisotopic (exact) mass is 342 g/mol. The van der Waals surface area contributed by atoms with Gasteiger partial charge in [-0.15, -0.1) is 0 Å². The Balaban J connectivity index is 1.47. The van der Waals surface area contributed by atoms with Crippen molar-refractivity contribution in [2.75, 3.05) is 11.9 Å². The van der Waals surface area contributed by atoms with E-state index in [2.05, 4.69) is 34.6 Å². The van der Waals surface area contributed by atoms with Crippen LogP contribution in [0.2, 0.25) is 0 Å². The fourth-order valence-corrected chi connectivity index (χ4v) is 3.36. The Labute approximate surface area is 150 Å². The fourth-order valence-electron chi connectivity index (χ4n) is 3.36. The molecule has 0 aromatic heterocycles. The normalized spacial score (nSPS) is 12.0. The van der Waals surface area contributed by atoms with Crippen LogP contribution in [0, 0.1) is 5.39 Å². The van der Waals surface area contributed by atoms with E-state index in [4.69, 9.17) is 10.1 Å². The average Bonchev–Trinajstić information content (AvgIpc) is 3.01. The number of carbonyl (C=O) groups is 1. The Morgan fingerprint density at radius 2 is 1.50 bits per heavy atom. The summed E-state index contributed by atoms with van der Waals surface area (Å²) in [4.78, 5) is 15.2. The Kier molecular flexibility index (Phi) is 4.08. The van der Waals surface area contributed by atoms with Crippen molar-refractivity contribution in [1.82, 2.24) is 0 Å². The second-order valence-electron chi connectivity index (χ2n) is 6.10. The molecular formula is C21H16N3O2+. The van der Waals surface area contributed by atoms with Crippen molar-refractivity contribution in [2.24, 2.45) is 0 Å². The van der Waals surface area contributed by atoms with E-state index in [9.17, 15) is 4.79 Å². The van der Waals surface area contributed by atoms with Crippen LogP contribution in [0.1, 0.15) is 17.0 Å². The van der Waals surface area contributed by atoms with Gasteiger partial charge in [-0.1, -0.05) is 48.5 Å². The van der Waals surface area contributed by atoms with Gasteiger partial charge in [0.1, 0.15) is 6.61 Å². The largest absolute Gasteiger partial charge is 0.448 e. The molecule has 0 saturated carbocycles. The van der Waals surface area contributed by atoms with Gasteiger partial charge in [0.05, 0.1) is 0 Å². The van der Waals surface area contributed by atoms with Gasteiger partial charge in [0.25, 0.3) is 0 Å². The van der Waals surface area contributed by atoms with Crippen molar-refractivity contribution in [1.29, 1.82) is 5.39 Å². The molecule has 0 heterocycles. The predicted molar refractivity (Wildman–Crippen MR) is 99.9 cm³/mol. The summed E-state index contributed by atoms with van der Waals surface area (Å²) in [5.74, 6) is 0.0312. The summed E-state index contributed by atoms with van der Waals surface area (Å²) in [5.41, 5.74) is 5.74. The molecule has 0 radical (unpaired) electrons. The zero-order valence-electron chi connectivity index (χ0n) is 13.9. The Hall–Kier alpha value is -3.65. The van der Waals surface area contributed by atoms with Crippen molar-refractivity contribution in [3.8, 4) is 11.1 Å². The number of ether oxygens (including phenoxy) is 1. The topological polar surface area (TPSA) is 66.5 Å². The number of diazo groups is 1. The number of amides is 1. The number of hydrogen-bond donors (Lipinski definition) is 1. The molecule has 5 heteroatoms. The van der Waals surface area contributed by atoms with E-state index in [-0.39, 0.29) is 12.5 Å². The van der Waals surface area contributed by atoms with Gasteiger partial charge in [-0.3, -0.25) is 5.32 Å². The quantitative estimate of drug-likeness (QED) is 0.636. The van der Waals surface area contributed by atoms with E-state index < -0.39 is 6.09 Å². The zero-order valence-corrected chi connectivity index (χ0v) is 13.9. The van der Waals surface area contributed by atoms with Gasteiger partial charge in [0.15, 0.2) is 4.98 Å². The maximum atomic E-state index is 12.1. The molecule has 0 saturated heterocycles. The van der Waals surface area contributed by atoms with E-state index in [1.54, 1.807) is 24.3 Å². The van der Waals surface area contributed by atoms with E-state index in [1.165, 1.54) is 22.3 Å². The maximum Gasteiger partial charge on any atom is 0.411 e. The van der Waals surface area contributed by atoms with Crippen molar-refractivity contribution < 1.29 is 9.53 Å². The van der Waals surface area contributed by atoms with E-state index >= 15 is 0 Å². The lowest BCUT2D eigenvalue weighted by Crippen LogP contribution is -2.17. The first kappa shape index (κ1) is 15.9. The summed E-state index contributed by atoms with van der Waals surface area (Å²) in [7, 11) is 0. The van der Waals surface area contributed by atoms with Gasteiger partial charge >= 0.3 is 11.8 Å². The van der Waals surface area contributed by atoms with Crippen LogP contribution >= 0.6 is 0 Å². The van der Waals surface area contributed by atoms with Gasteiger partial charge in [0, 0.05) is 23.7 Å². The number of benzene rings is 3. The van der Waals surface area contributed by atoms with Crippen LogP contribution in [-0.4, -0.2) is 12.7 Å². The lowest BCUT2D eigenvalue weighted by Gasteiger charge is -2.14. The van der Waals surface area contributed by atoms with Crippen molar-refractivity contribution in [3.05, 3.63) is 88.9 Å². The van der Waals surface area contributed by atoms with Gasteiger partial charge in [-0.25, -0.2) is 4.79 Å². The zero-order chi connectivity index (χ0) is 17.9. The maximum absolute atomic E-state index is 12.1. The van der Waals surface area contributed by atoms with E-state index in [0.717, 1.165) is 0 Å². The standard InChI is InChI=1S/C21H15N3O2/c22-24-15-11-9-14(10-12-15)23-21(25)26-13-20-18-7-3-1-5-16(18)17-6-2-4-8-19(17)20/h1-12,20H,13H2/p+1. The summed E-state index contributed by atoms with van der Waals surface area (Å²) in [6.07, 6.45) is -0.513. The lowest BCUT2D eigenvalue weighted by atomic mass is 9.98. The molecular weight excluding hydrogens is 326 g/mol. The first-order valence-corrected chi connectivity index (χ1v) is 8.33. The summed E-state index contributed by atoms with van der Waals surface area (Å²) < 4.78 is 5.48. The molecule has 1 aliphatic carbocycles. The van der Waals surface area contributed by atoms with E-state index in [1.807, 2.05) is 24.3 Å². The summed E-state index contributed by atoms with van der Waals surface area (Å²) >= 11 is 0. The highest BCUT2D eigenvalue weighted by Gasteiger charge is 2.28. The number of rotatable bonds is 3. The van der Waals surface area contributed by atoms with Crippen molar-refractivity contribution in [3.63, 3.8) is 0 Å². The molecule has 0 atom stereocenters. The molecule has 4 rings (SSSR count). The van der Waals surface area contributed by atoms with Crippen LogP contribution in [0.3, 0.4) is 0 Å². The molecule has 1 amide bonds. The summed E-state index contributed by atoms with van der Waals surface area (Å²) in [6, 6.07) is 22.9. The van der Waals surface area contributed by atoms with Crippen LogP contribution in [0.4, 0.5) is 16.2 Å². The van der Waals surface area contributed by atoms with Crippen LogP contribution in [0.15, 0.2) is 72.8 Å². The van der Waals surface area contributed by atoms with Crippen molar-refractivity contribution in [2.45, 2.75) is 5.92 Å². The lowest BCUT2D eigenvalue weighted by molar-refractivity contribution is 0.158. The number of fused-ring (bicyclic) bond motifs is 3. The van der Waals surface area contributed by atoms with Gasteiger partial charge < -0.3 is 4.74 Å². The smallest absolute Gasteiger partial charge is 0.411 e. The molecule has 126 valence electrons. The van der Waals surface area contributed by atoms with Crippen LogP contribution in [-0.2, 0) is 4.74 Å². The minimum atomic E-state index is -0.513. The fraction of sp³-hybridized carbons (Fsp3) is 0.0952. The number of anilines is 1. The average molecular weight is 342 g/mol.